The SMILES string of the molecule is [2H]c1c([2H])c([2H])c2c(c1[2H])c1c([2H])c([2H])c([2H])c([2H])c1n2-c1ccc2c(c1)N(c1cccc3oc4ccc(-c5ccccc5)cc4c13)c1cc(-c3ccc4oc5ccccc5c4c3)cc3c1B2c1ccc(-n2c4c([2H])c([2H])c([2H])c([2H])c4c4c([2H])c([2H])c([2H])c([2H])c42)cc1N3c1cccc2oc3ccc(-c4ccccc4)cc3c12. The maximum absolute atomic E-state index is 9.77. The van der Waals surface area contributed by atoms with Crippen LogP contribution >= 0.6 is 0 Å². The molecule has 7 nitrogen and oxygen atoms in total. The zero-order valence-corrected chi connectivity index (χ0v) is 51.5. The molecule has 20 aromatic rings. The van der Waals surface area contributed by atoms with Crippen LogP contribution in [-0.4, -0.2) is 15.8 Å². The fraction of sp³-hybridized carbons (Fsp3) is 0. The molecule has 2 aliphatic heterocycles. The minimum Gasteiger partial charge on any atom is -0.456 e. The summed E-state index contributed by atoms with van der Waals surface area (Å²) in [6, 6.07) is 65.5. The molecule has 0 spiro atoms. The molecular formula is C90H53BN4O3. The predicted molar refractivity (Wildman–Crippen MR) is 407 cm³/mol. The van der Waals surface area contributed by atoms with Crippen LogP contribution in [0.4, 0.5) is 34.1 Å². The molecule has 2 aliphatic rings. The topological polar surface area (TPSA) is 55.8 Å². The first kappa shape index (κ1) is 40.3. The monoisotopic (exact) mass is 1260 g/mol. The third-order valence-corrected chi connectivity index (χ3v) is 20.0. The number of hydrogen-bond acceptors (Lipinski definition) is 5. The highest BCUT2D eigenvalue weighted by atomic mass is 16.3. The van der Waals surface area contributed by atoms with Crippen molar-refractivity contribution >= 4 is 167 Å². The highest BCUT2D eigenvalue weighted by Gasteiger charge is 2.45. The van der Waals surface area contributed by atoms with Crippen molar-refractivity contribution in [2.45, 2.75) is 0 Å². The van der Waals surface area contributed by atoms with E-state index in [0.29, 0.717) is 78.5 Å². The molecule has 0 N–H and O–H groups in total. The molecule has 15 aromatic carbocycles. The molecule has 22 rings (SSSR count). The van der Waals surface area contributed by atoms with E-state index in [-0.39, 0.29) is 55.0 Å². The molecule has 5 aromatic heterocycles. The molecule has 0 unspecified atom stereocenters. The van der Waals surface area contributed by atoms with Gasteiger partial charge in [-0.15, -0.1) is 0 Å². The van der Waals surface area contributed by atoms with E-state index in [4.69, 9.17) is 18.7 Å². The first-order chi connectivity index (χ1) is 55.2. The fourth-order valence-electron chi connectivity index (χ4n) is 15.8. The minimum atomic E-state index is -0.791. The van der Waals surface area contributed by atoms with Gasteiger partial charge in [0, 0.05) is 77.2 Å². The quantitative estimate of drug-likeness (QED) is 0.149. The summed E-state index contributed by atoms with van der Waals surface area (Å²) >= 11 is 0. The molecule has 0 radical (unpaired) electrons. The molecule has 98 heavy (non-hydrogen) atoms. The van der Waals surface area contributed by atoms with Gasteiger partial charge in [0.05, 0.1) is 66.1 Å². The Labute approximate surface area is 584 Å². The molecule has 0 atom stereocenters. The predicted octanol–water partition coefficient (Wildman–Crippen LogP) is 22.7. The van der Waals surface area contributed by atoms with E-state index in [1.165, 1.54) is 9.13 Å². The zero-order valence-electron chi connectivity index (χ0n) is 67.5. The number of hydrogen-bond donors (Lipinski definition) is 0. The second-order valence-electron chi connectivity index (χ2n) is 25.1. The zero-order chi connectivity index (χ0) is 77.8. The van der Waals surface area contributed by atoms with Gasteiger partial charge in [-0.05, 0) is 177 Å². The number of para-hydroxylation sites is 5. The van der Waals surface area contributed by atoms with Gasteiger partial charge in [-0.1, -0.05) is 194 Å². The van der Waals surface area contributed by atoms with Crippen LogP contribution in [0.3, 0.4) is 0 Å². The van der Waals surface area contributed by atoms with Crippen LogP contribution in [0.15, 0.2) is 334 Å². The molecule has 454 valence electrons. The summed E-state index contributed by atoms with van der Waals surface area (Å²) in [4.78, 5) is 4.40. The van der Waals surface area contributed by atoms with Crippen molar-refractivity contribution in [2.24, 2.45) is 0 Å². The summed E-state index contributed by atoms with van der Waals surface area (Å²) in [5.74, 6) is 0. The van der Waals surface area contributed by atoms with Crippen LogP contribution in [0.25, 0.3) is 154 Å². The van der Waals surface area contributed by atoms with E-state index >= 15 is 0 Å². The average molecular weight is 1270 g/mol. The van der Waals surface area contributed by atoms with Gasteiger partial charge >= 0.3 is 0 Å². The van der Waals surface area contributed by atoms with Crippen LogP contribution in [-0.2, 0) is 0 Å². The highest BCUT2D eigenvalue weighted by molar-refractivity contribution is 7.00. The van der Waals surface area contributed by atoms with E-state index in [1.807, 2.05) is 170 Å². The van der Waals surface area contributed by atoms with Crippen molar-refractivity contribution in [3.8, 4) is 44.8 Å². The van der Waals surface area contributed by atoms with Gasteiger partial charge in [0.2, 0.25) is 0 Å². The lowest BCUT2D eigenvalue weighted by atomic mass is 9.33. The number of fused-ring (bicyclic) bond motifs is 19. The van der Waals surface area contributed by atoms with Crippen LogP contribution < -0.4 is 26.2 Å². The Kier molecular flexibility index (Phi) is 8.32. The fourth-order valence-corrected chi connectivity index (χ4v) is 15.8. The molecule has 0 amide bonds. The lowest BCUT2D eigenvalue weighted by molar-refractivity contribution is 0.668. The molecule has 0 fully saturated rings. The first-order valence-corrected chi connectivity index (χ1v) is 32.3. The Balaban J connectivity index is 0.923. The molecule has 0 bridgehead atoms. The van der Waals surface area contributed by atoms with Crippen molar-refractivity contribution in [3.05, 3.63) is 321 Å². The van der Waals surface area contributed by atoms with Gasteiger partial charge in [-0.25, -0.2) is 0 Å². The van der Waals surface area contributed by atoms with E-state index in [2.05, 4.69) is 64.4 Å². The highest BCUT2D eigenvalue weighted by Crippen LogP contribution is 2.53. The Bertz CT molecular complexity index is 7260. The summed E-state index contributed by atoms with van der Waals surface area (Å²) in [6.07, 6.45) is 0. The third kappa shape index (κ3) is 7.59. The van der Waals surface area contributed by atoms with Crippen molar-refractivity contribution in [2.75, 3.05) is 9.80 Å². The van der Waals surface area contributed by atoms with Gasteiger partial charge in [0.25, 0.3) is 6.71 Å². The Morgan fingerprint density at radius 3 is 1.12 bits per heavy atom. The molecule has 0 saturated heterocycles. The number of benzene rings is 15. The Morgan fingerprint density at radius 2 is 0.643 bits per heavy atom. The summed E-state index contributed by atoms with van der Waals surface area (Å²) in [5, 5.41) is 4.40. The smallest absolute Gasteiger partial charge is 0.252 e. The largest absolute Gasteiger partial charge is 0.456 e. The van der Waals surface area contributed by atoms with Crippen LogP contribution in [0.2, 0.25) is 0 Å². The van der Waals surface area contributed by atoms with E-state index in [9.17, 15) is 16.4 Å². The number of anilines is 6. The number of rotatable bonds is 7. The Hall–Kier alpha value is -13.0. The molecule has 0 saturated carbocycles. The third-order valence-electron chi connectivity index (χ3n) is 20.0. The van der Waals surface area contributed by atoms with Crippen molar-refractivity contribution in [1.82, 2.24) is 9.13 Å². The van der Waals surface area contributed by atoms with E-state index in [1.54, 1.807) is 0 Å². The summed E-state index contributed by atoms with van der Waals surface area (Å²) in [7, 11) is 0. The van der Waals surface area contributed by atoms with Crippen LogP contribution in [0.5, 0.6) is 0 Å². The van der Waals surface area contributed by atoms with Crippen molar-refractivity contribution in [3.63, 3.8) is 0 Å². The molecule has 7 heterocycles. The maximum Gasteiger partial charge on any atom is 0.252 e. The number of furan rings is 3. The lowest BCUT2D eigenvalue weighted by Gasteiger charge is -2.45. The van der Waals surface area contributed by atoms with Crippen LogP contribution in [0.1, 0.15) is 21.9 Å². The first-order valence-electron chi connectivity index (χ1n) is 40.3. The molecule has 0 aliphatic carbocycles. The second kappa shape index (κ2) is 20.2. The average Bonchev–Trinajstić information content (AvgIpc) is 1.12. The molecular weight excluding hydrogens is 1200 g/mol. The second-order valence-corrected chi connectivity index (χ2v) is 25.1. The standard InChI is InChI=1S/C90H53BN4O3/c1-3-19-54(20-4-1)56-37-45-84-68(48-56)88-76(32-17-35-86(88)97-84)94-78-52-60(92-72-28-12-7-23-62(72)63-24-8-13-29-73(63)92)40-42-70(78)91-71-43-41-61(93-74-30-14-9-25-64(74)65-26-10-15-31-75(65)93)53-79(71)95(77-33-18-36-87-89(77)69-49-57(38-46-85(69)98-87)55-21-5-2-6-22-55)81-51-59(50-80(94)90(81)91)58-39-44-83-67(47-58)66-27-11-16-34-82(66)96-83/h1-53H/i7D,8D,9D,10D,12D,13D,14D,15D,23D,24D,25D,26D,28D,29D,30D,31D. The maximum atomic E-state index is 9.77. The Morgan fingerprint density at radius 1 is 0.255 bits per heavy atom. The number of nitrogens with zero attached hydrogens (tertiary/aromatic N) is 4. The molecule has 8 heteroatoms. The minimum absolute atomic E-state index is 0.0726. The normalized spacial score (nSPS) is 15.1. The van der Waals surface area contributed by atoms with Crippen molar-refractivity contribution in [1.29, 1.82) is 0 Å². The van der Waals surface area contributed by atoms with Gasteiger partial charge in [0.15, 0.2) is 0 Å². The summed E-state index contributed by atoms with van der Waals surface area (Å²) in [6.45, 7) is -0.791. The van der Waals surface area contributed by atoms with Crippen LogP contribution in [0, 0.1) is 0 Å². The lowest BCUT2D eigenvalue weighted by Crippen LogP contribution is -2.61. The number of aromatic nitrogens is 2. The van der Waals surface area contributed by atoms with E-state index in [0.717, 1.165) is 71.2 Å². The summed E-state index contributed by atoms with van der Waals surface area (Å²) < 4.78 is 174. The van der Waals surface area contributed by atoms with Gasteiger partial charge in [0.1, 0.15) is 33.5 Å². The van der Waals surface area contributed by atoms with Crippen molar-refractivity contribution < 1.29 is 35.2 Å². The van der Waals surface area contributed by atoms with Gasteiger partial charge in [-0.3, -0.25) is 0 Å². The summed E-state index contributed by atoms with van der Waals surface area (Å²) in [5.41, 5.74) is 15.1. The van der Waals surface area contributed by atoms with Gasteiger partial charge < -0.3 is 32.2 Å². The van der Waals surface area contributed by atoms with Gasteiger partial charge in [-0.2, -0.15) is 0 Å². The van der Waals surface area contributed by atoms with E-state index < -0.39 is 103 Å².